The van der Waals surface area contributed by atoms with Crippen molar-refractivity contribution in [1.29, 1.82) is 0 Å². The topological polar surface area (TPSA) is 58.2 Å². The number of rotatable bonds is 48. The van der Waals surface area contributed by atoms with Crippen LogP contribution in [0, 0.1) is 0 Å². The van der Waals surface area contributed by atoms with E-state index in [2.05, 4.69) is 38.3 Å². The van der Waals surface area contributed by atoms with Gasteiger partial charge in [0.25, 0.3) is 11.8 Å². The van der Waals surface area contributed by atoms with Gasteiger partial charge in [0.2, 0.25) is 0 Å². The number of carbonyl (C=O) groups is 2. The number of allylic oxidation sites excluding steroid dienone is 4. The Hall–Kier alpha value is -0.600. The minimum absolute atomic E-state index is 0.0763. The quantitative estimate of drug-likeness (QED) is 0.0617. The summed E-state index contributed by atoms with van der Waals surface area (Å²) in [5.74, 6) is -0.153. The summed E-state index contributed by atoms with van der Waals surface area (Å²) in [5, 5.41) is 10.4. The van der Waals surface area contributed by atoms with Gasteiger partial charge in [-0.25, -0.2) is 0 Å². The standard InChI is InChI=1S/C68H108N2O2S8/c1-5-9-13-17-21-25-29-33-37-41-45-57-58(46-42-38-34-30-26-22-18-14-10-6-2)76-67(75-57)65-73-53-61(79-65)63(71)69-55-49-51-56(52-50-55)70-64(72)62-54-74-66(80-62)68-77-59(47-43-39-35-31-27-23-19-15-11-7-3)60(78-68)48-44-40-36-32-28-24-20-16-12-8-4/h49-54H,5-48H2,1-4H3,(H,69,71)(H,70,72). The van der Waals surface area contributed by atoms with E-state index in [1.165, 1.54) is 299 Å². The number of thioether (sulfide) groups is 8. The van der Waals surface area contributed by atoms with E-state index in [1.54, 1.807) is 66.7 Å². The van der Waals surface area contributed by atoms with E-state index in [0.29, 0.717) is 0 Å². The molecule has 0 radical (unpaired) electrons. The fourth-order valence-corrected chi connectivity index (χ4v) is 21.4. The van der Waals surface area contributed by atoms with Gasteiger partial charge in [-0.15, -0.1) is 0 Å². The Balaban J connectivity index is 1.05. The van der Waals surface area contributed by atoms with Crippen molar-refractivity contribution >= 4 is 117 Å². The molecule has 0 saturated carbocycles. The molecule has 0 saturated heterocycles. The molecule has 2 amide bonds. The van der Waals surface area contributed by atoms with Gasteiger partial charge in [0.15, 0.2) is 0 Å². The van der Waals surface area contributed by atoms with E-state index < -0.39 is 0 Å². The first-order valence-electron chi connectivity index (χ1n) is 32.9. The Morgan fingerprint density at radius 3 is 0.725 bits per heavy atom. The Kier molecular flexibility index (Phi) is 40.1. The molecule has 0 atom stereocenters. The number of nitrogens with one attached hydrogen (secondary N) is 2. The first kappa shape index (κ1) is 70.2. The third-order valence-corrected chi connectivity index (χ3v) is 27.0. The highest BCUT2D eigenvalue weighted by Crippen LogP contribution is 2.61. The van der Waals surface area contributed by atoms with E-state index in [9.17, 15) is 9.59 Å². The second-order valence-electron chi connectivity index (χ2n) is 22.9. The van der Waals surface area contributed by atoms with Crippen molar-refractivity contribution < 1.29 is 9.59 Å². The van der Waals surface area contributed by atoms with Crippen molar-refractivity contribution in [2.75, 3.05) is 10.6 Å². The summed E-state index contributed by atoms with van der Waals surface area (Å²) in [6, 6.07) is 7.59. The minimum atomic E-state index is -0.0763. The van der Waals surface area contributed by atoms with Gasteiger partial charge in [-0.1, -0.05) is 353 Å². The third-order valence-electron chi connectivity index (χ3n) is 15.6. The Morgan fingerprint density at radius 1 is 0.287 bits per heavy atom. The molecule has 0 fully saturated rings. The summed E-state index contributed by atoms with van der Waals surface area (Å²) in [5.41, 5.74) is 1.46. The molecule has 4 heterocycles. The zero-order valence-electron chi connectivity index (χ0n) is 50.7. The van der Waals surface area contributed by atoms with E-state index in [-0.39, 0.29) is 11.8 Å². The van der Waals surface area contributed by atoms with Crippen LogP contribution in [0.3, 0.4) is 0 Å². The lowest BCUT2D eigenvalue weighted by Gasteiger charge is -2.09. The molecule has 12 heteroatoms. The van der Waals surface area contributed by atoms with E-state index >= 15 is 0 Å². The lowest BCUT2D eigenvalue weighted by Crippen LogP contribution is -2.13. The van der Waals surface area contributed by atoms with Gasteiger partial charge in [-0.05, 0) is 86.4 Å². The molecule has 0 aliphatic carbocycles. The molecule has 5 rings (SSSR count). The van der Waals surface area contributed by atoms with Crippen LogP contribution in [0.15, 0.2) is 81.5 Å². The average molecular weight is 1240 g/mol. The molecule has 1 aromatic carbocycles. The molecule has 1 aromatic rings. The van der Waals surface area contributed by atoms with Gasteiger partial charge < -0.3 is 10.6 Å². The van der Waals surface area contributed by atoms with Crippen molar-refractivity contribution in [3.63, 3.8) is 0 Å². The number of benzene rings is 1. The van der Waals surface area contributed by atoms with Gasteiger partial charge in [0.05, 0.1) is 26.8 Å². The zero-order chi connectivity index (χ0) is 56.5. The minimum Gasteiger partial charge on any atom is -0.322 e. The predicted octanol–water partition coefficient (Wildman–Crippen LogP) is 27.1. The van der Waals surface area contributed by atoms with Gasteiger partial charge in [-0.2, -0.15) is 0 Å². The van der Waals surface area contributed by atoms with Crippen LogP contribution in [0.25, 0.3) is 0 Å². The highest BCUT2D eigenvalue weighted by atomic mass is 32.2. The maximum atomic E-state index is 13.7. The van der Waals surface area contributed by atoms with Gasteiger partial charge in [0, 0.05) is 31.0 Å². The van der Waals surface area contributed by atoms with Crippen molar-refractivity contribution in [2.45, 2.75) is 310 Å². The van der Waals surface area contributed by atoms with Crippen molar-refractivity contribution in [3.8, 4) is 0 Å². The van der Waals surface area contributed by atoms with Crippen LogP contribution in [0.4, 0.5) is 11.4 Å². The second kappa shape index (κ2) is 45.7. The van der Waals surface area contributed by atoms with Crippen LogP contribution in [0.2, 0.25) is 0 Å². The van der Waals surface area contributed by atoms with Crippen molar-refractivity contribution in [2.24, 2.45) is 0 Å². The summed E-state index contributed by atoms with van der Waals surface area (Å²) in [7, 11) is 0. The smallest absolute Gasteiger partial charge is 0.262 e. The van der Waals surface area contributed by atoms with E-state index in [4.69, 9.17) is 0 Å². The predicted molar refractivity (Wildman–Crippen MR) is 375 cm³/mol. The molecule has 2 N–H and O–H groups in total. The molecule has 0 aromatic heterocycles. The number of unbranched alkanes of at least 4 members (excludes halogenated alkanes) is 36. The molecule has 4 aliphatic heterocycles. The van der Waals surface area contributed by atoms with Crippen LogP contribution in [-0.4, -0.2) is 11.8 Å². The first-order chi connectivity index (χ1) is 39.4. The summed E-state index contributed by atoms with van der Waals surface area (Å²) in [6.07, 6.45) is 59.5. The molecule has 0 unspecified atom stereocenters. The molecule has 0 spiro atoms. The highest BCUT2D eigenvalue weighted by Gasteiger charge is 2.30. The number of anilines is 2. The highest BCUT2D eigenvalue weighted by molar-refractivity contribution is 8.35. The maximum Gasteiger partial charge on any atom is 0.262 e. The number of hydrogen-bond donors (Lipinski definition) is 2. The van der Waals surface area contributed by atoms with Gasteiger partial charge in [-0.3, -0.25) is 9.59 Å². The lowest BCUT2D eigenvalue weighted by molar-refractivity contribution is -0.113. The van der Waals surface area contributed by atoms with E-state index in [0.717, 1.165) is 21.2 Å². The maximum absolute atomic E-state index is 13.7. The van der Waals surface area contributed by atoms with Crippen LogP contribution in [0.5, 0.6) is 0 Å². The SMILES string of the molecule is CCCCCCCCCCCCC1=C(CCCCCCCCCCCC)SC(=C2SC=C(C(=O)Nc3ccc(NC(=O)C4=CSC(=C5SC(CCCCCCCCCCCC)=C(CCCCCCCCCCCC)S5)S4)cc3)S2)S1. The average Bonchev–Trinajstić information content (AvgIpc) is 4.33. The monoisotopic (exact) mass is 1240 g/mol. The lowest BCUT2D eigenvalue weighted by atomic mass is 10.0. The fourth-order valence-electron chi connectivity index (χ4n) is 10.6. The summed E-state index contributed by atoms with van der Waals surface area (Å²) in [4.78, 5) is 35.2. The first-order valence-corrected chi connectivity index (χ1v) is 39.5. The number of carbonyl (C=O) groups excluding carboxylic acids is 2. The Morgan fingerprint density at radius 2 is 0.500 bits per heavy atom. The third kappa shape index (κ3) is 29.7. The van der Waals surface area contributed by atoms with Crippen LogP contribution in [-0.2, 0) is 9.59 Å². The van der Waals surface area contributed by atoms with Crippen LogP contribution < -0.4 is 10.6 Å². The Labute approximate surface area is 524 Å². The molecular formula is C68H108N2O2S8. The molecule has 4 nitrogen and oxygen atoms in total. The number of amides is 2. The van der Waals surface area contributed by atoms with Crippen molar-refractivity contribution in [1.82, 2.24) is 0 Å². The molecule has 4 aliphatic rings. The summed E-state index contributed by atoms with van der Waals surface area (Å²) < 4.78 is 5.22. The molecule has 80 heavy (non-hydrogen) atoms. The van der Waals surface area contributed by atoms with Crippen LogP contribution >= 0.6 is 94.1 Å². The molecule has 0 bridgehead atoms. The molecule has 450 valence electrons. The van der Waals surface area contributed by atoms with Crippen molar-refractivity contribution in [3.05, 3.63) is 81.5 Å². The van der Waals surface area contributed by atoms with Gasteiger partial charge >= 0.3 is 0 Å². The Bertz CT molecular complexity index is 1890. The summed E-state index contributed by atoms with van der Waals surface area (Å²) in [6.45, 7) is 9.20. The number of hydrogen-bond acceptors (Lipinski definition) is 10. The summed E-state index contributed by atoms with van der Waals surface area (Å²) >= 11 is 14.7. The molecular weight excluding hydrogens is 1130 g/mol. The zero-order valence-corrected chi connectivity index (χ0v) is 57.2. The van der Waals surface area contributed by atoms with Gasteiger partial charge in [0.1, 0.15) is 0 Å². The fraction of sp³-hybridized carbons (Fsp3) is 0.706. The van der Waals surface area contributed by atoms with Crippen LogP contribution in [0.1, 0.15) is 310 Å². The normalized spacial score (nSPS) is 15.6. The largest absolute Gasteiger partial charge is 0.322 e. The van der Waals surface area contributed by atoms with E-state index in [1.807, 2.05) is 82.1 Å². The second-order valence-corrected chi connectivity index (χ2v) is 32.2.